The molecule has 3 N–H and O–H groups in total. The van der Waals surface area contributed by atoms with Crippen molar-refractivity contribution in [3.63, 3.8) is 0 Å². The van der Waals surface area contributed by atoms with Crippen molar-refractivity contribution in [3.05, 3.63) is 11.1 Å². The lowest BCUT2D eigenvalue weighted by molar-refractivity contribution is -0.118. The summed E-state index contributed by atoms with van der Waals surface area (Å²) in [5, 5.41) is 5.96. The van der Waals surface area contributed by atoms with Crippen molar-refractivity contribution in [2.24, 2.45) is 5.73 Å². The highest BCUT2D eigenvalue weighted by molar-refractivity contribution is 7.14. The normalized spacial score (nSPS) is 10.5. The molecule has 0 radical (unpaired) electrons. The summed E-state index contributed by atoms with van der Waals surface area (Å²) in [6.07, 6.45) is 2.15. The van der Waals surface area contributed by atoms with Crippen molar-refractivity contribution >= 4 is 28.3 Å². The zero-order valence-corrected chi connectivity index (χ0v) is 12.8. The Kier molecular flexibility index (Phi) is 7.17. The molecular formula is C13H22N4O2S. The number of rotatable bonds is 9. The van der Waals surface area contributed by atoms with Crippen LogP contribution in [0.5, 0.6) is 0 Å². The van der Waals surface area contributed by atoms with E-state index >= 15 is 0 Å². The van der Waals surface area contributed by atoms with Crippen LogP contribution < -0.4 is 16.0 Å². The highest BCUT2D eigenvalue weighted by Crippen LogP contribution is 2.20. The van der Waals surface area contributed by atoms with Crippen LogP contribution in [0, 0.1) is 0 Å². The molecule has 6 nitrogen and oxygen atoms in total. The molecule has 20 heavy (non-hydrogen) atoms. The monoisotopic (exact) mass is 298 g/mol. The second kappa shape index (κ2) is 8.65. The second-order valence-corrected chi connectivity index (χ2v) is 5.32. The van der Waals surface area contributed by atoms with Gasteiger partial charge in [-0.15, -0.1) is 11.3 Å². The first-order valence-electron chi connectivity index (χ1n) is 6.76. The maximum atomic E-state index is 11.4. The van der Waals surface area contributed by atoms with E-state index in [1.165, 1.54) is 11.3 Å². The van der Waals surface area contributed by atoms with Gasteiger partial charge in [0.2, 0.25) is 11.8 Å². The maximum absolute atomic E-state index is 11.4. The Bertz CT molecular complexity index is 447. The number of carbonyl (C=O) groups is 2. The molecule has 1 heterocycles. The van der Waals surface area contributed by atoms with Crippen molar-refractivity contribution in [2.75, 3.05) is 18.0 Å². The van der Waals surface area contributed by atoms with Crippen molar-refractivity contribution < 1.29 is 9.59 Å². The number of thiazole rings is 1. The molecule has 112 valence electrons. The third-order valence-corrected chi connectivity index (χ3v) is 3.71. The average molecular weight is 298 g/mol. The molecule has 0 bridgehead atoms. The van der Waals surface area contributed by atoms with E-state index in [0.717, 1.165) is 30.2 Å². The summed E-state index contributed by atoms with van der Waals surface area (Å²) in [5.74, 6) is -0.245. The van der Waals surface area contributed by atoms with E-state index in [1.807, 2.05) is 12.3 Å². The molecule has 2 amide bonds. The Morgan fingerprint density at radius 2 is 2.20 bits per heavy atom. The summed E-state index contributed by atoms with van der Waals surface area (Å²) >= 11 is 1.48. The molecule has 1 aromatic rings. The SMILES string of the molecule is CCN(C(C)=O)c1nc(CNCCCCC(N)=O)cs1. The number of amides is 2. The number of nitrogens with one attached hydrogen (secondary N) is 1. The van der Waals surface area contributed by atoms with E-state index in [1.54, 1.807) is 11.8 Å². The van der Waals surface area contributed by atoms with Crippen molar-refractivity contribution in [1.29, 1.82) is 0 Å². The van der Waals surface area contributed by atoms with Crippen molar-refractivity contribution in [3.8, 4) is 0 Å². The molecule has 0 aliphatic heterocycles. The van der Waals surface area contributed by atoms with Gasteiger partial charge in [0.1, 0.15) is 0 Å². The van der Waals surface area contributed by atoms with Gasteiger partial charge in [-0.05, 0) is 26.3 Å². The first kappa shape index (κ1) is 16.6. The van der Waals surface area contributed by atoms with E-state index in [0.29, 0.717) is 19.5 Å². The molecular weight excluding hydrogens is 276 g/mol. The molecule has 0 aliphatic carbocycles. The predicted octanol–water partition coefficient (Wildman–Crippen LogP) is 1.26. The first-order chi connectivity index (χ1) is 9.54. The van der Waals surface area contributed by atoms with E-state index in [4.69, 9.17) is 5.73 Å². The molecule has 0 spiro atoms. The molecule has 0 saturated carbocycles. The fourth-order valence-electron chi connectivity index (χ4n) is 1.76. The lowest BCUT2D eigenvalue weighted by atomic mass is 10.2. The van der Waals surface area contributed by atoms with Gasteiger partial charge in [0.15, 0.2) is 5.13 Å². The lowest BCUT2D eigenvalue weighted by Crippen LogP contribution is -2.27. The van der Waals surface area contributed by atoms with Crippen LogP contribution in [-0.4, -0.2) is 29.9 Å². The van der Waals surface area contributed by atoms with Crippen LogP contribution in [0.2, 0.25) is 0 Å². The van der Waals surface area contributed by atoms with Gasteiger partial charge in [-0.1, -0.05) is 0 Å². The Morgan fingerprint density at radius 1 is 1.45 bits per heavy atom. The number of hydrogen-bond acceptors (Lipinski definition) is 5. The van der Waals surface area contributed by atoms with E-state index in [-0.39, 0.29) is 11.8 Å². The van der Waals surface area contributed by atoms with Crippen LogP contribution in [0.15, 0.2) is 5.38 Å². The topological polar surface area (TPSA) is 88.3 Å². The molecule has 1 rings (SSSR count). The Hall–Kier alpha value is -1.47. The standard InChI is InChI=1S/C13H22N4O2S/c1-3-17(10(2)18)13-16-11(9-20-13)8-15-7-5-4-6-12(14)19/h9,15H,3-8H2,1-2H3,(H2,14,19). The van der Waals surface area contributed by atoms with E-state index < -0.39 is 0 Å². The molecule has 0 saturated heterocycles. The molecule has 0 fully saturated rings. The minimum absolute atomic E-state index is 0.00723. The second-order valence-electron chi connectivity index (χ2n) is 4.48. The van der Waals surface area contributed by atoms with Crippen LogP contribution in [-0.2, 0) is 16.1 Å². The third-order valence-electron chi connectivity index (χ3n) is 2.80. The molecule has 1 aromatic heterocycles. The van der Waals surface area contributed by atoms with Crippen LogP contribution in [0.25, 0.3) is 0 Å². The Morgan fingerprint density at radius 3 is 2.80 bits per heavy atom. The molecule has 0 aliphatic rings. The fourth-order valence-corrected chi connectivity index (χ4v) is 2.69. The van der Waals surface area contributed by atoms with Gasteiger partial charge in [-0.3, -0.25) is 14.5 Å². The molecule has 0 unspecified atom stereocenters. The highest BCUT2D eigenvalue weighted by atomic mass is 32.1. The number of unbranched alkanes of at least 4 members (excludes halogenated alkanes) is 1. The van der Waals surface area contributed by atoms with Gasteiger partial charge in [-0.25, -0.2) is 4.98 Å². The summed E-state index contributed by atoms with van der Waals surface area (Å²) in [4.78, 5) is 28.1. The Balaban J connectivity index is 2.30. The number of primary amides is 1. The zero-order chi connectivity index (χ0) is 15.0. The number of nitrogens with zero attached hydrogens (tertiary/aromatic N) is 2. The van der Waals surface area contributed by atoms with Crippen LogP contribution >= 0.6 is 11.3 Å². The number of carbonyl (C=O) groups excluding carboxylic acids is 2. The first-order valence-corrected chi connectivity index (χ1v) is 7.64. The van der Waals surface area contributed by atoms with Crippen LogP contribution in [0.3, 0.4) is 0 Å². The number of anilines is 1. The summed E-state index contributed by atoms with van der Waals surface area (Å²) in [6.45, 7) is 5.59. The van der Waals surface area contributed by atoms with E-state index in [9.17, 15) is 9.59 Å². The van der Waals surface area contributed by atoms with Gasteiger partial charge < -0.3 is 11.1 Å². The smallest absolute Gasteiger partial charge is 0.225 e. The van der Waals surface area contributed by atoms with E-state index in [2.05, 4.69) is 10.3 Å². The largest absolute Gasteiger partial charge is 0.370 e. The van der Waals surface area contributed by atoms with Crippen molar-refractivity contribution in [2.45, 2.75) is 39.7 Å². The number of hydrogen-bond donors (Lipinski definition) is 2. The van der Waals surface area contributed by atoms with Gasteiger partial charge in [0, 0.05) is 31.8 Å². The van der Waals surface area contributed by atoms with Gasteiger partial charge >= 0.3 is 0 Å². The summed E-state index contributed by atoms with van der Waals surface area (Å²) < 4.78 is 0. The number of nitrogens with two attached hydrogens (primary N) is 1. The summed E-state index contributed by atoms with van der Waals surface area (Å²) in [7, 11) is 0. The lowest BCUT2D eigenvalue weighted by Gasteiger charge is -2.14. The molecule has 7 heteroatoms. The van der Waals surface area contributed by atoms with Crippen molar-refractivity contribution in [1.82, 2.24) is 10.3 Å². The van der Waals surface area contributed by atoms with Crippen LogP contribution in [0.1, 0.15) is 38.8 Å². The summed E-state index contributed by atoms with van der Waals surface area (Å²) in [5.41, 5.74) is 6.00. The molecule has 0 atom stereocenters. The minimum Gasteiger partial charge on any atom is -0.370 e. The molecule has 0 aromatic carbocycles. The minimum atomic E-state index is -0.252. The summed E-state index contributed by atoms with van der Waals surface area (Å²) in [6, 6.07) is 0. The number of aromatic nitrogens is 1. The fraction of sp³-hybridized carbons (Fsp3) is 0.615. The highest BCUT2D eigenvalue weighted by Gasteiger charge is 2.12. The van der Waals surface area contributed by atoms with Gasteiger partial charge in [-0.2, -0.15) is 0 Å². The zero-order valence-electron chi connectivity index (χ0n) is 12.0. The van der Waals surface area contributed by atoms with Gasteiger partial charge in [0.25, 0.3) is 0 Å². The van der Waals surface area contributed by atoms with Crippen LogP contribution in [0.4, 0.5) is 5.13 Å². The average Bonchev–Trinajstić information content (AvgIpc) is 2.82. The quantitative estimate of drug-likeness (QED) is 0.672. The predicted molar refractivity (Wildman–Crippen MR) is 80.6 cm³/mol. The van der Waals surface area contributed by atoms with Gasteiger partial charge in [0.05, 0.1) is 5.69 Å². The Labute approximate surface area is 123 Å². The third kappa shape index (κ3) is 5.66. The maximum Gasteiger partial charge on any atom is 0.225 e.